The topological polar surface area (TPSA) is 84.9 Å². The summed E-state index contributed by atoms with van der Waals surface area (Å²) in [6.45, 7) is 0.467. The van der Waals surface area contributed by atoms with E-state index in [1.807, 2.05) is 6.07 Å². The molecule has 0 saturated heterocycles. The first-order valence-corrected chi connectivity index (χ1v) is 6.05. The molecule has 1 aromatic rings. The highest BCUT2D eigenvalue weighted by atomic mass is 16.6. The van der Waals surface area contributed by atoms with Crippen molar-refractivity contribution in [2.75, 3.05) is 13.2 Å². The van der Waals surface area contributed by atoms with Crippen LogP contribution in [0.15, 0.2) is 24.3 Å². The molecule has 1 aromatic carbocycles. The first-order chi connectivity index (χ1) is 9.16. The van der Waals surface area contributed by atoms with Crippen LogP contribution in [0.1, 0.15) is 12.8 Å². The summed E-state index contributed by atoms with van der Waals surface area (Å²) >= 11 is 0. The van der Waals surface area contributed by atoms with Gasteiger partial charge in [0.1, 0.15) is 6.61 Å². The second kappa shape index (κ2) is 6.08. The molecular formula is C13H15NO5. The predicted molar refractivity (Wildman–Crippen MR) is 66.2 cm³/mol. The zero-order valence-corrected chi connectivity index (χ0v) is 10.3. The largest absolute Gasteiger partial charge is 0.485 e. The Hall–Kier alpha value is -2.24. The van der Waals surface area contributed by atoms with Crippen molar-refractivity contribution < 1.29 is 24.2 Å². The molecule has 1 heterocycles. The van der Waals surface area contributed by atoms with Crippen molar-refractivity contribution in [3.8, 4) is 11.5 Å². The average Bonchev–Trinajstić information content (AvgIpc) is 2.42. The van der Waals surface area contributed by atoms with Crippen molar-refractivity contribution in [2.45, 2.75) is 18.9 Å². The molecular weight excluding hydrogens is 250 g/mol. The van der Waals surface area contributed by atoms with E-state index >= 15 is 0 Å². The van der Waals surface area contributed by atoms with Gasteiger partial charge in [-0.05, 0) is 18.6 Å². The van der Waals surface area contributed by atoms with Crippen LogP contribution in [0.25, 0.3) is 0 Å². The predicted octanol–water partition coefficient (Wildman–Crippen LogP) is 0.807. The maximum atomic E-state index is 11.8. The van der Waals surface area contributed by atoms with Crippen molar-refractivity contribution in [3.05, 3.63) is 24.3 Å². The van der Waals surface area contributed by atoms with Gasteiger partial charge in [-0.3, -0.25) is 9.59 Å². The van der Waals surface area contributed by atoms with Gasteiger partial charge in [0.05, 0.1) is 0 Å². The van der Waals surface area contributed by atoms with Crippen LogP contribution in [-0.4, -0.2) is 36.2 Å². The number of rotatable bonds is 5. The smallest absolute Gasteiger partial charge is 0.303 e. The lowest BCUT2D eigenvalue weighted by molar-refractivity contribution is -0.137. The number of fused-ring (bicyclic) bond motifs is 1. The van der Waals surface area contributed by atoms with Crippen LogP contribution in [-0.2, 0) is 9.59 Å². The number of benzene rings is 1. The van der Waals surface area contributed by atoms with Gasteiger partial charge in [-0.25, -0.2) is 0 Å². The molecule has 102 valence electrons. The molecule has 1 unspecified atom stereocenters. The fourth-order valence-corrected chi connectivity index (χ4v) is 1.71. The summed E-state index contributed by atoms with van der Waals surface area (Å²) < 4.78 is 10.9. The maximum Gasteiger partial charge on any atom is 0.303 e. The van der Waals surface area contributed by atoms with Gasteiger partial charge in [0.15, 0.2) is 11.5 Å². The summed E-state index contributed by atoms with van der Waals surface area (Å²) in [4.78, 5) is 22.1. The molecule has 0 bridgehead atoms. The Morgan fingerprint density at radius 2 is 2.05 bits per heavy atom. The number of hydrogen-bond donors (Lipinski definition) is 2. The zero-order chi connectivity index (χ0) is 13.7. The second-order valence-corrected chi connectivity index (χ2v) is 4.15. The van der Waals surface area contributed by atoms with Crippen molar-refractivity contribution in [1.82, 2.24) is 5.32 Å². The number of carboxylic acids is 1. The summed E-state index contributed by atoms with van der Waals surface area (Å²) in [5.74, 6) is -0.00261. The second-order valence-electron chi connectivity index (χ2n) is 4.15. The molecule has 1 aliphatic heterocycles. The van der Waals surface area contributed by atoms with Crippen LogP contribution in [0.3, 0.4) is 0 Å². The Morgan fingerprint density at radius 1 is 1.32 bits per heavy atom. The molecule has 0 fully saturated rings. The van der Waals surface area contributed by atoms with Crippen LogP contribution in [0.5, 0.6) is 11.5 Å². The number of para-hydroxylation sites is 2. The van der Waals surface area contributed by atoms with E-state index in [9.17, 15) is 9.59 Å². The van der Waals surface area contributed by atoms with Crippen molar-refractivity contribution in [2.24, 2.45) is 0 Å². The lowest BCUT2D eigenvalue weighted by Gasteiger charge is -2.25. The molecule has 0 aromatic heterocycles. The van der Waals surface area contributed by atoms with E-state index in [1.54, 1.807) is 18.2 Å². The molecule has 1 amide bonds. The average molecular weight is 265 g/mol. The molecule has 2 N–H and O–H groups in total. The number of amides is 1. The van der Waals surface area contributed by atoms with Gasteiger partial charge in [-0.15, -0.1) is 0 Å². The van der Waals surface area contributed by atoms with E-state index in [0.717, 1.165) is 0 Å². The number of nitrogens with one attached hydrogen (secondary N) is 1. The van der Waals surface area contributed by atoms with E-state index in [2.05, 4.69) is 5.32 Å². The number of carboxylic acid groups (broad SMARTS) is 1. The normalized spacial score (nSPS) is 16.7. The molecule has 0 radical (unpaired) electrons. The maximum absolute atomic E-state index is 11.8. The highest BCUT2D eigenvalue weighted by Crippen LogP contribution is 2.30. The minimum atomic E-state index is -0.875. The lowest BCUT2D eigenvalue weighted by atomic mass is 10.2. The van der Waals surface area contributed by atoms with Gasteiger partial charge in [0, 0.05) is 13.0 Å². The van der Waals surface area contributed by atoms with Gasteiger partial charge in [-0.2, -0.15) is 0 Å². The standard InChI is InChI=1S/C13H15NO5/c15-12(16)6-3-7-14-13(17)11-8-18-9-4-1-2-5-10(9)19-11/h1-2,4-5,11H,3,6-8H2,(H,14,17)(H,15,16). The molecule has 2 rings (SSSR count). The van der Waals surface area contributed by atoms with E-state index in [0.29, 0.717) is 24.5 Å². The van der Waals surface area contributed by atoms with Gasteiger partial charge in [0.25, 0.3) is 5.91 Å². The Labute approximate surface area is 110 Å². The first-order valence-electron chi connectivity index (χ1n) is 6.05. The van der Waals surface area contributed by atoms with Crippen molar-refractivity contribution >= 4 is 11.9 Å². The highest BCUT2D eigenvalue weighted by molar-refractivity contribution is 5.81. The van der Waals surface area contributed by atoms with E-state index < -0.39 is 12.1 Å². The lowest BCUT2D eigenvalue weighted by Crippen LogP contribution is -2.44. The van der Waals surface area contributed by atoms with Crippen molar-refractivity contribution in [1.29, 1.82) is 0 Å². The summed E-state index contributed by atoms with van der Waals surface area (Å²) in [7, 11) is 0. The summed E-state index contributed by atoms with van der Waals surface area (Å²) in [5.41, 5.74) is 0. The fourth-order valence-electron chi connectivity index (χ4n) is 1.71. The molecule has 0 spiro atoms. The Balaban J connectivity index is 1.80. The SMILES string of the molecule is O=C(O)CCCNC(=O)C1COc2ccccc2O1. The first kappa shape index (κ1) is 13.2. The zero-order valence-electron chi connectivity index (χ0n) is 10.3. The number of carbonyl (C=O) groups excluding carboxylic acids is 1. The Bertz CT molecular complexity index is 474. The van der Waals surface area contributed by atoms with Crippen LogP contribution in [0, 0.1) is 0 Å². The fraction of sp³-hybridized carbons (Fsp3) is 0.385. The quantitative estimate of drug-likeness (QED) is 0.769. The Kier molecular flexibility index (Phi) is 4.22. The number of hydrogen-bond acceptors (Lipinski definition) is 4. The third-order valence-electron chi connectivity index (χ3n) is 2.67. The molecule has 19 heavy (non-hydrogen) atoms. The van der Waals surface area contributed by atoms with Gasteiger partial charge < -0.3 is 19.9 Å². The summed E-state index contributed by atoms with van der Waals surface area (Å²) in [6.07, 6.45) is -0.268. The van der Waals surface area contributed by atoms with Gasteiger partial charge >= 0.3 is 5.97 Å². The summed E-state index contributed by atoms with van der Waals surface area (Å²) in [5, 5.41) is 11.1. The highest BCUT2D eigenvalue weighted by Gasteiger charge is 2.26. The minimum absolute atomic E-state index is 0.0329. The molecule has 6 heteroatoms. The molecule has 6 nitrogen and oxygen atoms in total. The van der Waals surface area contributed by atoms with Crippen LogP contribution >= 0.6 is 0 Å². The Morgan fingerprint density at radius 3 is 2.79 bits per heavy atom. The number of aliphatic carboxylic acids is 1. The number of carbonyl (C=O) groups is 2. The third-order valence-corrected chi connectivity index (χ3v) is 2.67. The van der Waals surface area contributed by atoms with Crippen LogP contribution < -0.4 is 14.8 Å². The van der Waals surface area contributed by atoms with E-state index in [-0.39, 0.29) is 18.9 Å². The van der Waals surface area contributed by atoms with Gasteiger partial charge in [0.2, 0.25) is 6.10 Å². The molecule has 1 atom stereocenters. The third kappa shape index (κ3) is 3.61. The molecule has 0 aliphatic carbocycles. The van der Waals surface area contributed by atoms with E-state index in [4.69, 9.17) is 14.6 Å². The molecule has 1 aliphatic rings. The monoisotopic (exact) mass is 265 g/mol. The van der Waals surface area contributed by atoms with E-state index in [1.165, 1.54) is 0 Å². The minimum Gasteiger partial charge on any atom is -0.485 e. The van der Waals surface area contributed by atoms with Gasteiger partial charge in [-0.1, -0.05) is 12.1 Å². The summed E-state index contributed by atoms with van der Waals surface area (Å²) in [6, 6.07) is 7.14. The molecule has 0 saturated carbocycles. The van der Waals surface area contributed by atoms with Crippen LogP contribution in [0.2, 0.25) is 0 Å². The number of ether oxygens (including phenoxy) is 2. The van der Waals surface area contributed by atoms with Crippen molar-refractivity contribution in [3.63, 3.8) is 0 Å². The van der Waals surface area contributed by atoms with Crippen LogP contribution in [0.4, 0.5) is 0 Å².